The molecule has 0 heterocycles. The highest BCUT2D eigenvalue weighted by Crippen LogP contribution is 2.24. The van der Waals surface area contributed by atoms with E-state index in [1.165, 1.54) is 18.2 Å². The molecule has 0 saturated carbocycles. The largest absolute Gasteiger partial charge is 0.491 e. The van der Waals surface area contributed by atoms with Gasteiger partial charge in [-0.2, -0.15) is 0 Å². The van der Waals surface area contributed by atoms with Gasteiger partial charge in [-0.3, -0.25) is 10.1 Å². The summed E-state index contributed by atoms with van der Waals surface area (Å²) in [5.41, 5.74) is 0.606. The summed E-state index contributed by atoms with van der Waals surface area (Å²) in [6.07, 6.45) is 0. The monoisotopic (exact) mass is 272 g/mol. The van der Waals surface area contributed by atoms with Crippen LogP contribution in [0.1, 0.15) is 5.56 Å². The van der Waals surface area contributed by atoms with Crippen molar-refractivity contribution >= 4 is 5.69 Å². The zero-order valence-corrected chi connectivity index (χ0v) is 10.7. The van der Waals surface area contributed by atoms with E-state index in [0.717, 1.165) is 0 Å². The van der Waals surface area contributed by atoms with E-state index < -0.39 is 11.6 Å². The molecule has 0 aromatic heterocycles. The number of halogens is 1. The molecular formula is C12H17FN2O4. The van der Waals surface area contributed by atoms with Gasteiger partial charge in [0, 0.05) is 37.9 Å². The second-order valence-electron chi connectivity index (χ2n) is 3.76. The van der Waals surface area contributed by atoms with E-state index in [9.17, 15) is 14.5 Å². The van der Waals surface area contributed by atoms with Gasteiger partial charge in [0.2, 0.25) is 0 Å². The van der Waals surface area contributed by atoms with Crippen molar-refractivity contribution in [2.75, 3.05) is 33.5 Å². The predicted octanol–water partition coefficient (Wildman–Crippen LogP) is 1.68. The molecule has 1 rings (SSSR count). The second-order valence-corrected chi connectivity index (χ2v) is 3.76. The Hall–Kier alpha value is -1.73. The minimum absolute atomic E-state index is 0.0175. The average Bonchev–Trinajstić information content (AvgIpc) is 2.41. The molecular weight excluding hydrogens is 255 g/mol. The molecule has 6 nitrogen and oxygen atoms in total. The lowest BCUT2D eigenvalue weighted by Crippen LogP contribution is -2.19. The van der Waals surface area contributed by atoms with Crippen molar-refractivity contribution in [3.8, 4) is 5.75 Å². The van der Waals surface area contributed by atoms with Crippen molar-refractivity contribution in [1.82, 2.24) is 5.32 Å². The van der Waals surface area contributed by atoms with Crippen molar-refractivity contribution in [2.24, 2.45) is 0 Å². The summed E-state index contributed by atoms with van der Waals surface area (Å²) in [6.45, 7) is 0.875. The van der Waals surface area contributed by atoms with Gasteiger partial charge in [0.05, 0.1) is 11.5 Å². The standard InChI is InChI=1S/C12H17FN2O4/c1-18-7-5-14-9-10-8-11(15(16)17)2-3-12(10)19-6-4-13/h2-3,8,14H,4-7,9H2,1H3. The molecule has 0 amide bonds. The molecule has 0 aliphatic carbocycles. The first-order valence-electron chi connectivity index (χ1n) is 5.84. The third kappa shape index (κ3) is 5.19. The molecule has 106 valence electrons. The van der Waals surface area contributed by atoms with Gasteiger partial charge in [-0.15, -0.1) is 0 Å². The van der Waals surface area contributed by atoms with E-state index in [0.29, 0.717) is 31.0 Å². The normalized spacial score (nSPS) is 10.4. The number of methoxy groups -OCH3 is 1. The van der Waals surface area contributed by atoms with E-state index >= 15 is 0 Å². The SMILES string of the molecule is COCCNCc1cc([N+](=O)[O-])ccc1OCCF. The fraction of sp³-hybridized carbons (Fsp3) is 0.500. The van der Waals surface area contributed by atoms with E-state index in [1.807, 2.05) is 0 Å². The van der Waals surface area contributed by atoms with Crippen molar-refractivity contribution in [2.45, 2.75) is 6.54 Å². The van der Waals surface area contributed by atoms with Gasteiger partial charge in [0.1, 0.15) is 19.0 Å². The number of rotatable bonds is 9. The van der Waals surface area contributed by atoms with Crippen molar-refractivity contribution in [3.63, 3.8) is 0 Å². The van der Waals surface area contributed by atoms with Gasteiger partial charge in [-0.25, -0.2) is 4.39 Å². The number of ether oxygens (including phenoxy) is 2. The molecule has 0 aliphatic rings. The lowest BCUT2D eigenvalue weighted by Gasteiger charge is -2.11. The lowest BCUT2D eigenvalue weighted by atomic mass is 10.1. The summed E-state index contributed by atoms with van der Waals surface area (Å²) < 4.78 is 22.2. The zero-order valence-electron chi connectivity index (χ0n) is 10.7. The van der Waals surface area contributed by atoms with Gasteiger partial charge in [-0.05, 0) is 6.07 Å². The first-order valence-corrected chi connectivity index (χ1v) is 5.84. The van der Waals surface area contributed by atoms with Crippen LogP contribution in [-0.2, 0) is 11.3 Å². The molecule has 0 spiro atoms. The van der Waals surface area contributed by atoms with E-state index in [4.69, 9.17) is 9.47 Å². The topological polar surface area (TPSA) is 73.6 Å². The number of non-ortho nitro benzene ring substituents is 1. The Morgan fingerprint density at radius 1 is 1.42 bits per heavy atom. The van der Waals surface area contributed by atoms with Gasteiger partial charge >= 0.3 is 0 Å². The van der Waals surface area contributed by atoms with Crippen LogP contribution in [0, 0.1) is 10.1 Å². The van der Waals surface area contributed by atoms with Crippen molar-refractivity contribution < 1.29 is 18.8 Å². The van der Waals surface area contributed by atoms with Crippen LogP contribution in [0.5, 0.6) is 5.75 Å². The molecule has 0 aliphatic heterocycles. The Morgan fingerprint density at radius 2 is 2.21 bits per heavy atom. The van der Waals surface area contributed by atoms with Crippen LogP contribution >= 0.6 is 0 Å². The van der Waals surface area contributed by atoms with Crippen LogP contribution in [0.3, 0.4) is 0 Å². The number of hydrogen-bond acceptors (Lipinski definition) is 5. The minimum atomic E-state index is -0.604. The molecule has 1 aromatic rings. The third-order valence-corrected chi connectivity index (χ3v) is 2.39. The first-order chi connectivity index (χ1) is 9.19. The number of nitro groups is 1. The average molecular weight is 272 g/mol. The molecule has 0 radical (unpaired) electrons. The maximum absolute atomic E-state index is 12.1. The summed E-state index contributed by atoms with van der Waals surface area (Å²) in [4.78, 5) is 10.2. The highest BCUT2D eigenvalue weighted by Gasteiger charge is 2.11. The summed E-state index contributed by atoms with van der Waals surface area (Å²) in [7, 11) is 1.59. The molecule has 0 bridgehead atoms. The van der Waals surface area contributed by atoms with Crippen LogP contribution in [0.4, 0.5) is 10.1 Å². The fourth-order valence-corrected chi connectivity index (χ4v) is 1.50. The number of nitrogens with one attached hydrogen (secondary N) is 1. The van der Waals surface area contributed by atoms with E-state index in [2.05, 4.69) is 5.32 Å². The quantitative estimate of drug-likeness (QED) is 0.420. The fourth-order valence-electron chi connectivity index (χ4n) is 1.50. The van der Waals surface area contributed by atoms with Gasteiger partial charge in [-0.1, -0.05) is 0 Å². The Balaban J connectivity index is 2.75. The van der Waals surface area contributed by atoms with Crippen molar-refractivity contribution in [1.29, 1.82) is 0 Å². The number of nitro benzene ring substituents is 1. The van der Waals surface area contributed by atoms with Crippen LogP contribution in [-0.4, -0.2) is 38.5 Å². The molecule has 0 fully saturated rings. The third-order valence-electron chi connectivity index (χ3n) is 2.39. The zero-order chi connectivity index (χ0) is 14.1. The Bertz CT molecular complexity index is 415. The smallest absolute Gasteiger partial charge is 0.270 e. The highest BCUT2D eigenvalue weighted by molar-refractivity contribution is 5.43. The summed E-state index contributed by atoms with van der Waals surface area (Å²) >= 11 is 0. The predicted molar refractivity (Wildman–Crippen MR) is 68.1 cm³/mol. The van der Waals surface area contributed by atoms with Crippen molar-refractivity contribution in [3.05, 3.63) is 33.9 Å². The van der Waals surface area contributed by atoms with Gasteiger partial charge in [0.25, 0.3) is 5.69 Å². The first kappa shape index (κ1) is 15.3. The maximum Gasteiger partial charge on any atom is 0.270 e. The Labute approximate surface area is 110 Å². The van der Waals surface area contributed by atoms with E-state index in [-0.39, 0.29) is 12.3 Å². The number of benzene rings is 1. The Morgan fingerprint density at radius 3 is 2.84 bits per heavy atom. The van der Waals surface area contributed by atoms with Gasteiger partial charge in [0.15, 0.2) is 0 Å². The molecule has 0 atom stereocenters. The van der Waals surface area contributed by atoms with Crippen LogP contribution in [0.25, 0.3) is 0 Å². The summed E-state index contributed by atoms with van der Waals surface area (Å²) in [5.74, 6) is 0.452. The maximum atomic E-state index is 12.1. The molecule has 1 aromatic carbocycles. The molecule has 0 unspecified atom stereocenters. The minimum Gasteiger partial charge on any atom is -0.491 e. The van der Waals surface area contributed by atoms with Gasteiger partial charge < -0.3 is 14.8 Å². The van der Waals surface area contributed by atoms with Crippen LogP contribution < -0.4 is 10.1 Å². The molecule has 19 heavy (non-hydrogen) atoms. The van der Waals surface area contributed by atoms with E-state index in [1.54, 1.807) is 7.11 Å². The summed E-state index contributed by atoms with van der Waals surface area (Å²) in [5, 5.41) is 13.8. The molecule has 1 N–H and O–H groups in total. The summed E-state index contributed by atoms with van der Waals surface area (Å²) in [6, 6.07) is 4.25. The number of nitrogens with zero attached hydrogens (tertiary/aromatic N) is 1. The highest BCUT2D eigenvalue weighted by atomic mass is 19.1. The molecule has 7 heteroatoms. The number of alkyl halides is 1. The Kier molecular flexibility index (Phi) is 6.76. The number of hydrogen-bond donors (Lipinski definition) is 1. The van der Waals surface area contributed by atoms with Crippen LogP contribution in [0.15, 0.2) is 18.2 Å². The lowest BCUT2D eigenvalue weighted by molar-refractivity contribution is -0.384. The van der Waals surface area contributed by atoms with Crippen LogP contribution in [0.2, 0.25) is 0 Å². The molecule has 0 saturated heterocycles. The second kappa shape index (κ2) is 8.39.